The number of nitro benzene ring substituents is 1. The molecule has 0 atom stereocenters. The van der Waals surface area contributed by atoms with Crippen LogP contribution in [0.1, 0.15) is 20.7 Å². The van der Waals surface area contributed by atoms with Crippen molar-refractivity contribution in [3.8, 4) is 0 Å². The van der Waals surface area contributed by atoms with Gasteiger partial charge in [0.1, 0.15) is 5.02 Å². The predicted molar refractivity (Wildman–Crippen MR) is 53.6 cm³/mol. The van der Waals surface area contributed by atoms with Gasteiger partial charge in [0.2, 0.25) is 5.91 Å². The molecular formula is C8H5ClN2O5. The Morgan fingerprint density at radius 1 is 1.38 bits per heavy atom. The van der Waals surface area contributed by atoms with Crippen LogP contribution in [0.2, 0.25) is 5.02 Å². The Balaban J connectivity index is 3.55. The predicted octanol–water partition coefficient (Wildman–Crippen LogP) is 1.05. The van der Waals surface area contributed by atoms with Crippen LogP contribution >= 0.6 is 11.6 Å². The molecule has 7 nitrogen and oxygen atoms in total. The minimum Gasteiger partial charge on any atom is -0.478 e. The van der Waals surface area contributed by atoms with Gasteiger partial charge < -0.3 is 10.8 Å². The maximum Gasteiger partial charge on any atom is 0.336 e. The molecular weight excluding hydrogens is 240 g/mol. The summed E-state index contributed by atoms with van der Waals surface area (Å²) in [5, 5.41) is 18.9. The second-order valence-corrected chi connectivity index (χ2v) is 3.18. The van der Waals surface area contributed by atoms with E-state index in [1.165, 1.54) is 0 Å². The topological polar surface area (TPSA) is 124 Å². The number of nitro groups is 1. The molecule has 0 saturated carbocycles. The quantitative estimate of drug-likeness (QED) is 0.607. The summed E-state index contributed by atoms with van der Waals surface area (Å²) in [6.07, 6.45) is 0. The lowest BCUT2D eigenvalue weighted by Crippen LogP contribution is -2.16. The van der Waals surface area contributed by atoms with Gasteiger partial charge in [-0.15, -0.1) is 0 Å². The SMILES string of the molecule is NC(=O)c1cc(Cl)c([N+](=O)[O-])cc1C(=O)O. The van der Waals surface area contributed by atoms with E-state index in [-0.39, 0.29) is 10.6 Å². The maximum atomic E-state index is 10.9. The summed E-state index contributed by atoms with van der Waals surface area (Å²) in [5.41, 5.74) is 3.40. The number of halogens is 1. The number of benzene rings is 1. The van der Waals surface area contributed by atoms with Crippen LogP contribution in [0, 0.1) is 10.1 Å². The van der Waals surface area contributed by atoms with Gasteiger partial charge in [-0.2, -0.15) is 0 Å². The molecule has 1 rings (SSSR count). The van der Waals surface area contributed by atoms with E-state index in [1.807, 2.05) is 0 Å². The van der Waals surface area contributed by atoms with Gasteiger partial charge in [0.05, 0.1) is 16.1 Å². The van der Waals surface area contributed by atoms with Crippen LogP contribution in [0.4, 0.5) is 5.69 Å². The van der Waals surface area contributed by atoms with Gasteiger partial charge >= 0.3 is 5.97 Å². The molecule has 3 N–H and O–H groups in total. The Hall–Kier alpha value is -2.15. The van der Waals surface area contributed by atoms with Crippen molar-refractivity contribution in [1.82, 2.24) is 0 Å². The van der Waals surface area contributed by atoms with Crippen molar-refractivity contribution in [2.24, 2.45) is 5.73 Å². The van der Waals surface area contributed by atoms with E-state index in [4.69, 9.17) is 22.4 Å². The first-order chi connectivity index (χ1) is 7.34. The first-order valence-electron chi connectivity index (χ1n) is 3.85. The fourth-order valence-corrected chi connectivity index (χ4v) is 1.32. The fraction of sp³-hybridized carbons (Fsp3) is 0. The normalized spacial score (nSPS) is 9.81. The van der Waals surface area contributed by atoms with Crippen LogP contribution in [0.15, 0.2) is 12.1 Å². The third kappa shape index (κ3) is 2.09. The molecule has 0 aliphatic carbocycles. The number of carbonyl (C=O) groups excluding carboxylic acids is 1. The average molecular weight is 245 g/mol. The minimum absolute atomic E-state index is 0.344. The lowest BCUT2D eigenvalue weighted by Gasteiger charge is -2.03. The Kier molecular flexibility index (Phi) is 3.09. The van der Waals surface area contributed by atoms with E-state index in [0.29, 0.717) is 6.07 Å². The van der Waals surface area contributed by atoms with Crippen LogP contribution in [0.5, 0.6) is 0 Å². The molecule has 1 amide bonds. The lowest BCUT2D eigenvalue weighted by atomic mass is 10.1. The number of carboxylic acid groups (broad SMARTS) is 1. The van der Waals surface area contributed by atoms with Gasteiger partial charge in [-0.05, 0) is 6.07 Å². The number of rotatable bonds is 3. The molecule has 0 radical (unpaired) electrons. The zero-order valence-electron chi connectivity index (χ0n) is 7.64. The standard InChI is InChI=1S/C8H5ClN2O5/c9-5-1-3(7(10)12)4(8(13)14)2-6(5)11(15)16/h1-2H,(H2,10,12)(H,13,14). The van der Waals surface area contributed by atoms with E-state index in [0.717, 1.165) is 6.07 Å². The van der Waals surface area contributed by atoms with E-state index < -0.39 is 28.1 Å². The van der Waals surface area contributed by atoms with Crippen molar-refractivity contribution in [3.63, 3.8) is 0 Å². The average Bonchev–Trinajstić information content (AvgIpc) is 2.15. The Labute approximate surface area is 93.6 Å². The van der Waals surface area contributed by atoms with Crippen LogP contribution in [-0.4, -0.2) is 21.9 Å². The summed E-state index contributed by atoms with van der Waals surface area (Å²) in [4.78, 5) is 31.3. The Morgan fingerprint density at radius 3 is 2.31 bits per heavy atom. The molecule has 1 aromatic carbocycles. The van der Waals surface area contributed by atoms with Crippen molar-refractivity contribution in [2.45, 2.75) is 0 Å². The van der Waals surface area contributed by atoms with Crippen molar-refractivity contribution in [1.29, 1.82) is 0 Å². The largest absolute Gasteiger partial charge is 0.478 e. The van der Waals surface area contributed by atoms with Gasteiger partial charge in [-0.25, -0.2) is 4.79 Å². The summed E-state index contributed by atoms with van der Waals surface area (Å²) in [5.74, 6) is -2.51. The highest BCUT2D eigenvalue weighted by atomic mass is 35.5. The van der Waals surface area contributed by atoms with Crippen LogP contribution in [0.3, 0.4) is 0 Å². The Morgan fingerprint density at radius 2 is 1.94 bits per heavy atom. The first-order valence-corrected chi connectivity index (χ1v) is 4.23. The molecule has 0 fully saturated rings. The molecule has 0 aromatic heterocycles. The number of aromatic carboxylic acids is 1. The van der Waals surface area contributed by atoms with E-state index in [1.54, 1.807) is 0 Å². The zero-order valence-corrected chi connectivity index (χ0v) is 8.39. The van der Waals surface area contributed by atoms with E-state index >= 15 is 0 Å². The van der Waals surface area contributed by atoms with Gasteiger partial charge in [0.15, 0.2) is 0 Å². The van der Waals surface area contributed by atoms with Crippen molar-refractivity contribution in [2.75, 3.05) is 0 Å². The number of amides is 1. The highest BCUT2D eigenvalue weighted by molar-refractivity contribution is 6.33. The summed E-state index contributed by atoms with van der Waals surface area (Å²) >= 11 is 5.50. The van der Waals surface area contributed by atoms with Crippen molar-refractivity contribution in [3.05, 3.63) is 38.4 Å². The molecule has 0 spiro atoms. The molecule has 84 valence electrons. The molecule has 0 unspecified atom stereocenters. The van der Waals surface area contributed by atoms with E-state index in [2.05, 4.69) is 0 Å². The summed E-state index contributed by atoms with van der Waals surface area (Å²) in [7, 11) is 0. The second-order valence-electron chi connectivity index (χ2n) is 2.78. The van der Waals surface area contributed by atoms with Gasteiger partial charge in [0, 0.05) is 6.07 Å². The number of carboxylic acids is 1. The molecule has 0 saturated heterocycles. The number of hydrogen-bond donors (Lipinski definition) is 2. The molecule has 0 heterocycles. The Bertz CT molecular complexity index is 499. The van der Waals surface area contributed by atoms with Crippen LogP contribution < -0.4 is 5.73 Å². The molecule has 0 aliphatic heterocycles. The summed E-state index contributed by atoms with van der Waals surface area (Å²) < 4.78 is 0. The van der Waals surface area contributed by atoms with Crippen molar-refractivity contribution >= 4 is 29.2 Å². The number of hydrogen-bond acceptors (Lipinski definition) is 4. The van der Waals surface area contributed by atoms with Gasteiger partial charge in [-0.1, -0.05) is 11.6 Å². The van der Waals surface area contributed by atoms with Crippen LogP contribution in [0.25, 0.3) is 0 Å². The fourth-order valence-electron chi connectivity index (χ4n) is 1.08. The van der Waals surface area contributed by atoms with Crippen molar-refractivity contribution < 1.29 is 19.6 Å². The third-order valence-electron chi connectivity index (χ3n) is 1.78. The minimum atomic E-state index is -1.49. The lowest BCUT2D eigenvalue weighted by molar-refractivity contribution is -0.384. The number of nitrogens with zero attached hydrogens (tertiary/aromatic N) is 1. The zero-order chi connectivity index (χ0) is 12.5. The summed E-state index contributed by atoms with van der Waals surface area (Å²) in [6, 6.07) is 1.57. The first kappa shape index (κ1) is 11.9. The van der Waals surface area contributed by atoms with E-state index in [9.17, 15) is 19.7 Å². The number of primary amides is 1. The second kappa shape index (κ2) is 4.15. The molecule has 0 aliphatic rings. The summed E-state index contributed by atoms with van der Waals surface area (Å²) in [6.45, 7) is 0. The smallest absolute Gasteiger partial charge is 0.336 e. The molecule has 0 bridgehead atoms. The highest BCUT2D eigenvalue weighted by Crippen LogP contribution is 2.27. The number of carbonyl (C=O) groups is 2. The third-order valence-corrected chi connectivity index (χ3v) is 2.08. The molecule has 1 aromatic rings. The van der Waals surface area contributed by atoms with Gasteiger partial charge in [0.25, 0.3) is 5.69 Å². The molecule has 16 heavy (non-hydrogen) atoms. The van der Waals surface area contributed by atoms with Crippen LogP contribution in [-0.2, 0) is 0 Å². The monoisotopic (exact) mass is 244 g/mol. The van der Waals surface area contributed by atoms with Gasteiger partial charge in [-0.3, -0.25) is 14.9 Å². The highest BCUT2D eigenvalue weighted by Gasteiger charge is 2.22. The maximum absolute atomic E-state index is 10.9. The molecule has 8 heteroatoms. The number of nitrogens with two attached hydrogens (primary N) is 1.